The van der Waals surface area contributed by atoms with E-state index in [9.17, 15) is 13.6 Å². The fourth-order valence-electron chi connectivity index (χ4n) is 1.29. The molecule has 1 heterocycles. The van der Waals surface area contributed by atoms with Gasteiger partial charge >= 0.3 is 0 Å². The number of benzene rings is 1. The second-order valence-electron chi connectivity index (χ2n) is 3.31. The first kappa shape index (κ1) is 11.3. The summed E-state index contributed by atoms with van der Waals surface area (Å²) in [6.07, 6.45) is 1.20. The molecule has 0 aliphatic rings. The summed E-state index contributed by atoms with van der Waals surface area (Å²) < 4.78 is 30.9. The maximum atomic E-state index is 13.2. The van der Waals surface area contributed by atoms with E-state index in [1.54, 1.807) is 0 Å². The van der Waals surface area contributed by atoms with Crippen LogP contribution in [0, 0.1) is 11.6 Å². The number of carbonyl (C=O) groups excluding carboxylic acids is 1. The van der Waals surface area contributed by atoms with Gasteiger partial charge in [-0.1, -0.05) is 11.2 Å². The van der Waals surface area contributed by atoms with Gasteiger partial charge in [0.05, 0.1) is 12.1 Å². The Morgan fingerprint density at radius 3 is 2.59 bits per heavy atom. The number of para-hydroxylation sites is 1. The highest BCUT2D eigenvalue weighted by molar-refractivity contribution is 5.92. The van der Waals surface area contributed by atoms with E-state index >= 15 is 0 Å². The number of halogens is 2. The number of nitrogens with one attached hydrogen (secondary N) is 1. The first-order valence-electron chi connectivity index (χ1n) is 4.80. The van der Waals surface area contributed by atoms with Gasteiger partial charge in [-0.05, 0) is 12.1 Å². The molecule has 1 N–H and O–H groups in total. The van der Waals surface area contributed by atoms with Gasteiger partial charge in [0.15, 0.2) is 0 Å². The lowest BCUT2D eigenvalue weighted by molar-refractivity contribution is -0.115. The lowest BCUT2D eigenvalue weighted by Crippen LogP contribution is -2.16. The summed E-state index contributed by atoms with van der Waals surface area (Å²) in [6.45, 7) is 0. The van der Waals surface area contributed by atoms with E-state index in [0.717, 1.165) is 12.1 Å². The number of hydrogen-bond acceptors (Lipinski definition) is 3. The van der Waals surface area contributed by atoms with E-state index in [1.807, 2.05) is 0 Å². The van der Waals surface area contributed by atoms with Crippen molar-refractivity contribution in [3.05, 3.63) is 47.9 Å². The molecule has 0 radical (unpaired) electrons. The molecular formula is C11H8F2N2O2. The number of carbonyl (C=O) groups is 1. The van der Waals surface area contributed by atoms with Crippen molar-refractivity contribution in [2.24, 2.45) is 0 Å². The van der Waals surface area contributed by atoms with Crippen molar-refractivity contribution in [3.8, 4) is 0 Å². The van der Waals surface area contributed by atoms with Crippen LogP contribution in [-0.4, -0.2) is 11.1 Å². The summed E-state index contributed by atoms with van der Waals surface area (Å²) >= 11 is 0. The van der Waals surface area contributed by atoms with Gasteiger partial charge in [-0.2, -0.15) is 0 Å². The monoisotopic (exact) mass is 238 g/mol. The zero-order valence-electron chi connectivity index (χ0n) is 8.61. The van der Waals surface area contributed by atoms with Gasteiger partial charge in [-0.3, -0.25) is 4.79 Å². The molecule has 0 unspecified atom stereocenters. The molecule has 1 aromatic carbocycles. The lowest BCUT2D eigenvalue weighted by atomic mass is 10.2. The van der Waals surface area contributed by atoms with Crippen LogP contribution in [0.1, 0.15) is 5.69 Å². The van der Waals surface area contributed by atoms with E-state index in [-0.39, 0.29) is 6.42 Å². The predicted molar refractivity (Wildman–Crippen MR) is 55.2 cm³/mol. The molecule has 0 bridgehead atoms. The molecule has 0 aliphatic carbocycles. The Bertz CT molecular complexity index is 506. The van der Waals surface area contributed by atoms with Crippen LogP contribution in [0.2, 0.25) is 0 Å². The first-order chi connectivity index (χ1) is 8.16. The third kappa shape index (κ3) is 2.66. The zero-order valence-corrected chi connectivity index (χ0v) is 8.61. The molecule has 0 aliphatic heterocycles. The Labute approximate surface area is 95.2 Å². The molecule has 0 spiro atoms. The number of nitrogens with zero attached hydrogens (tertiary/aromatic N) is 1. The third-order valence-corrected chi connectivity index (χ3v) is 2.06. The van der Waals surface area contributed by atoms with Crippen LogP contribution in [-0.2, 0) is 11.2 Å². The lowest BCUT2D eigenvalue weighted by Gasteiger charge is -2.06. The molecule has 0 fully saturated rings. The Hall–Kier alpha value is -2.24. The maximum Gasteiger partial charge on any atom is 0.230 e. The molecule has 0 saturated carbocycles. The second kappa shape index (κ2) is 4.73. The van der Waals surface area contributed by atoms with Crippen molar-refractivity contribution in [1.82, 2.24) is 5.16 Å². The minimum absolute atomic E-state index is 0.107. The van der Waals surface area contributed by atoms with Crippen LogP contribution in [0.3, 0.4) is 0 Å². The van der Waals surface area contributed by atoms with Crippen molar-refractivity contribution in [3.63, 3.8) is 0 Å². The van der Waals surface area contributed by atoms with Crippen molar-refractivity contribution < 1.29 is 18.1 Å². The number of rotatable bonds is 3. The van der Waals surface area contributed by atoms with Gasteiger partial charge in [-0.25, -0.2) is 8.78 Å². The van der Waals surface area contributed by atoms with Crippen LogP contribution < -0.4 is 5.32 Å². The summed E-state index contributed by atoms with van der Waals surface area (Å²) in [7, 11) is 0. The van der Waals surface area contributed by atoms with Crippen molar-refractivity contribution in [2.75, 3.05) is 5.32 Å². The van der Waals surface area contributed by atoms with Gasteiger partial charge in [0.2, 0.25) is 5.91 Å². The quantitative estimate of drug-likeness (QED) is 0.891. The highest BCUT2D eigenvalue weighted by atomic mass is 19.1. The smallest absolute Gasteiger partial charge is 0.230 e. The van der Waals surface area contributed by atoms with E-state index in [0.29, 0.717) is 5.69 Å². The molecule has 2 rings (SSSR count). The van der Waals surface area contributed by atoms with Crippen LogP contribution in [0.25, 0.3) is 0 Å². The largest absolute Gasteiger partial charge is 0.364 e. The second-order valence-corrected chi connectivity index (χ2v) is 3.31. The summed E-state index contributed by atoms with van der Waals surface area (Å²) in [6, 6.07) is 4.85. The first-order valence-corrected chi connectivity index (χ1v) is 4.80. The molecule has 2 aromatic rings. The third-order valence-electron chi connectivity index (χ3n) is 2.06. The fourth-order valence-corrected chi connectivity index (χ4v) is 1.29. The molecule has 1 aromatic heterocycles. The summed E-state index contributed by atoms with van der Waals surface area (Å²) in [5, 5.41) is 5.67. The molecular weight excluding hydrogens is 230 g/mol. The molecule has 6 heteroatoms. The normalized spacial score (nSPS) is 10.2. The van der Waals surface area contributed by atoms with Crippen molar-refractivity contribution in [2.45, 2.75) is 6.42 Å². The Balaban J connectivity index is 2.08. The van der Waals surface area contributed by atoms with E-state index in [2.05, 4.69) is 15.0 Å². The summed E-state index contributed by atoms with van der Waals surface area (Å²) in [5.74, 6) is -2.21. The van der Waals surface area contributed by atoms with Crippen LogP contribution in [0.15, 0.2) is 35.1 Å². The van der Waals surface area contributed by atoms with E-state index < -0.39 is 23.2 Å². The van der Waals surface area contributed by atoms with Crippen LogP contribution in [0.5, 0.6) is 0 Å². The standard InChI is InChI=1S/C11H8F2N2O2/c12-8-2-1-3-9(13)11(8)14-10(16)6-7-4-5-17-15-7/h1-5H,6H2,(H,14,16). The predicted octanol–water partition coefficient (Wildman–Crippen LogP) is 2.13. The highest BCUT2D eigenvalue weighted by Gasteiger charge is 2.12. The van der Waals surface area contributed by atoms with Crippen molar-refractivity contribution >= 4 is 11.6 Å². The summed E-state index contributed by atoms with van der Waals surface area (Å²) in [4.78, 5) is 11.5. The minimum atomic E-state index is -0.821. The van der Waals surface area contributed by atoms with E-state index in [1.165, 1.54) is 18.4 Å². The fraction of sp³-hybridized carbons (Fsp3) is 0.0909. The van der Waals surface area contributed by atoms with Crippen molar-refractivity contribution in [1.29, 1.82) is 0 Å². The summed E-state index contributed by atoms with van der Waals surface area (Å²) in [5.41, 5.74) is -0.0692. The number of anilines is 1. The minimum Gasteiger partial charge on any atom is -0.364 e. The average molecular weight is 238 g/mol. The Kier molecular flexibility index (Phi) is 3.13. The number of aromatic nitrogens is 1. The molecule has 88 valence electrons. The topological polar surface area (TPSA) is 55.1 Å². The molecule has 4 nitrogen and oxygen atoms in total. The average Bonchev–Trinajstić information content (AvgIpc) is 2.76. The zero-order chi connectivity index (χ0) is 12.3. The molecule has 0 atom stereocenters. The van der Waals surface area contributed by atoms with Crippen LogP contribution >= 0.6 is 0 Å². The Morgan fingerprint density at radius 1 is 1.29 bits per heavy atom. The molecule has 1 amide bonds. The van der Waals surface area contributed by atoms with Gasteiger partial charge in [0.1, 0.15) is 23.6 Å². The van der Waals surface area contributed by atoms with Crippen LogP contribution in [0.4, 0.5) is 14.5 Å². The van der Waals surface area contributed by atoms with E-state index in [4.69, 9.17) is 0 Å². The van der Waals surface area contributed by atoms with Gasteiger partial charge in [-0.15, -0.1) is 0 Å². The Morgan fingerprint density at radius 2 is 2.00 bits per heavy atom. The highest BCUT2D eigenvalue weighted by Crippen LogP contribution is 2.18. The SMILES string of the molecule is O=C(Cc1ccon1)Nc1c(F)cccc1F. The number of amides is 1. The van der Waals surface area contributed by atoms with Gasteiger partial charge < -0.3 is 9.84 Å². The van der Waals surface area contributed by atoms with Gasteiger partial charge in [0, 0.05) is 6.07 Å². The van der Waals surface area contributed by atoms with Gasteiger partial charge in [0.25, 0.3) is 0 Å². The number of hydrogen-bond donors (Lipinski definition) is 1. The molecule has 17 heavy (non-hydrogen) atoms. The maximum absolute atomic E-state index is 13.2. The molecule has 0 saturated heterocycles.